The Balaban J connectivity index is 2.23. The second-order valence-electron chi connectivity index (χ2n) is 3.81. The van der Waals surface area contributed by atoms with Crippen molar-refractivity contribution in [2.45, 2.75) is 0 Å². The molecule has 3 nitrogen and oxygen atoms in total. The fourth-order valence-electron chi connectivity index (χ4n) is 1.45. The van der Waals surface area contributed by atoms with Crippen molar-refractivity contribution in [2.75, 3.05) is 11.1 Å². The molecule has 0 heterocycles. The number of anilines is 2. The monoisotopic (exact) mass is 282 g/mol. The van der Waals surface area contributed by atoms with Crippen LogP contribution in [0.5, 0.6) is 0 Å². The van der Waals surface area contributed by atoms with Crippen LogP contribution < -0.4 is 11.1 Å². The number of hydrogen-bond acceptors (Lipinski definition) is 2. The van der Waals surface area contributed by atoms with Crippen molar-refractivity contribution in [1.82, 2.24) is 0 Å². The van der Waals surface area contributed by atoms with E-state index < -0.39 is 23.2 Å². The molecule has 98 valence electrons. The molecule has 0 saturated heterocycles. The average molecular weight is 283 g/mol. The highest BCUT2D eigenvalue weighted by Crippen LogP contribution is 2.19. The summed E-state index contributed by atoms with van der Waals surface area (Å²) < 4.78 is 26.5. The van der Waals surface area contributed by atoms with E-state index in [0.717, 1.165) is 12.1 Å². The normalized spacial score (nSPS) is 10.3. The molecule has 0 aromatic heterocycles. The molecule has 0 unspecified atom stereocenters. The molecule has 0 spiro atoms. The molecule has 0 saturated carbocycles. The SMILES string of the molecule is Nc1c(F)cc(C(=O)Nc2ccc(Cl)cc2)cc1F. The highest BCUT2D eigenvalue weighted by molar-refractivity contribution is 6.30. The van der Waals surface area contributed by atoms with E-state index in [9.17, 15) is 13.6 Å². The van der Waals surface area contributed by atoms with Crippen LogP contribution in [0.25, 0.3) is 0 Å². The molecule has 2 aromatic rings. The molecule has 0 aliphatic carbocycles. The fraction of sp³-hybridized carbons (Fsp3) is 0. The van der Waals surface area contributed by atoms with E-state index in [1.165, 1.54) is 0 Å². The third-order valence-corrected chi connectivity index (χ3v) is 2.70. The van der Waals surface area contributed by atoms with Crippen LogP contribution >= 0.6 is 11.6 Å². The predicted octanol–water partition coefficient (Wildman–Crippen LogP) is 3.45. The number of amides is 1. The van der Waals surface area contributed by atoms with E-state index in [2.05, 4.69) is 5.32 Å². The first-order valence-corrected chi connectivity index (χ1v) is 5.66. The molecule has 0 fully saturated rings. The Morgan fingerprint density at radius 1 is 1.11 bits per heavy atom. The van der Waals surface area contributed by atoms with Gasteiger partial charge in [0.05, 0.1) is 0 Å². The minimum atomic E-state index is -0.971. The summed E-state index contributed by atoms with van der Waals surface area (Å²) in [6.07, 6.45) is 0. The Kier molecular flexibility index (Phi) is 3.66. The van der Waals surface area contributed by atoms with Crippen molar-refractivity contribution in [3.05, 3.63) is 58.6 Å². The Labute approximate surface area is 113 Å². The number of nitrogens with one attached hydrogen (secondary N) is 1. The number of hydrogen-bond donors (Lipinski definition) is 2. The van der Waals surface area contributed by atoms with E-state index in [1.54, 1.807) is 24.3 Å². The lowest BCUT2D eigenvalue weighted by Gasteiger charge is -2.07. The maximum Gasteiger partial charge on any atom is 0.255 e. The Hall–Kier alpha value is -2.14. The van der Waals surface area contributed by atoms with Crippen molar-refractivity contribution in [3.8, 4) is 0 Å². The average Bonchev–Trinajstić information content (AvgIpc) is 2.38. The topological polar surface area (TPSA) is 55.1 Å². The van der Waals surface area contributed by atoms with Gasteiger partial charge in [-0.3, -0.25) is 4.79 Å². The van der Waals surface area contributed by atoms with E-state index in [1.807, 2.05) is 0 Å². The fourth-order valence-corrected chi connectivity index (χ4v) is 1.58. The lowest BCUT2D eigenvalue weighted by Crippen LogP contribution is -2.13. The van der Waals surface area contributed by atoms with Crippen LogP contribution in [0.1, 0.15) is 10.4 Å². The second-order valence-corrected chi connectivity index (χ2v) is 4.25. The number of rotatable bonds is 2. The number of carbonyl (C=O) groups is 1. The van der Waals surface area contributed by atoms with Gasteiger partial charge < -0.3 is 11.1 Å². The maximum atomic E-state index is 13.2. The highest BCUT2D eigenvalue weighted by atomic mass is 35.5. The van der Waals surface area contributed by atoms with Gasteiger partial charge in [0.2, 0.25) is 0 Å². The first kappa shape index (κ1) is 13.3. The maximum absolute atomic E-state index is 13.2. The zero-order valence-corrected chi connectivity index (χ0v) is 10.3. The molecule has 0 aliphatic rings. The van der Waals surface area contributed by atoms with Gasteiger partial charge in [-0.05, 0) is 36.4 Å². The van der Waals surface area contributed by atoms with Gasteiger partial charge in [0.15, 0.2) is 0 Å². The minimum Gasteiger partial charge on any atom is -0.394 e. The van der Waals surface area contributed by atoms with Crippen LogP contribution in [0.15, 0.2) is 36.4 Å². The standard InChI is InChI=1S/C13H9ClF2N2O/c14-8-1-3-9(4-2-8)18-13(19)7-5-10(15)12(17)11(16)6-7/h1-6H,17H2,(H,18,19). The first-order chi connectivity index (χ1) is 8.97. The van der Waals surface area contributed by atoms with Crippen LogP contribution in [0.3, 0.4) is 0 Å². The molecule has 19 heavy (non-hydrogen) atoms. The van der Waals surface area contributed by atoms with Crippen molar-refractivity contribution >= 4 is 28.9 Å². The summed E-state index contributed by atoms with van der Waals surface area (Å²) in [6.45, 7) is 0. The molecule has 3 N–H and O–H groups in total. The number of nitrogens with two attached hydrogens (primary N) is 1. The van der Waals surface area contributed by atoms with Crippen LogP contribution in [-0.4, -0.2) is 5.91 Å². The Morgan fingerprint density at radius 3 is 2.16 bits per heavy atom. The molecule has 0 aliphatic heterocycles. The number of nitrogen functional groups attached to an aromatic ring is 1. The predicted molar refractivity (Wildman–Crippen MR) is 70.2 cm³/mol. The van der Waals surface area contributed by atoms with E-state index in [4.69, 9.17) is 17.3 Å². The van der Waals surface area contributed by atoms with Gasteiger partial charge in [-0.2, -0.15) is 0 Å². The first-order valence-electron chi connectivity index (χ1n) is 5.29. The van der Waals surface area contributed by atoms with Gasteiger partial charge in [-0.1, -0.05) is 11.6 Å². The summed E-state index contributed by atoms with van der Waals surface area (Å²) >= 11 is 5.70. The number of carbonyl (C=O) groups excluding carboxylic acids is 1. The molecule has 2 rings (SSSR count). The zero-order chi connectivity index (χ0) is 14.0. The summed E-state index contributed by atoms with van der Waals surface area (Å²) in [5, 5.41) is 3.00. The van der Waals surface area contributed by atoms with Gasteiger partial charge in [-0.15, -0.1) is 0 Å². The van der Waals surface area contributed by atoms with Gasteiger partial charge in [0, 0.05) is 16.3 Å². The molecule has 0 bridgehead atoms. The van der Waals surface area contributed by atoms with Crippen molar-refractivity contribution in [2.24, 2.45) is 0 Å². The third-order valence-electron chi connectivity index (χ3n) is 2.44. The molecular formula is C13H9ClF2N2O. The molecule has 2 aromatic carbocycles. The quantitative estimate of drug-likeness (QED) is 0.829. The summed E-state index contributed by atoms with van der Waals surface area (Å²) in [5.74, 6) is -2.58. The number of benzene rings is 2. The molecule has 1 amide bonds. The third kappa shape index (κ3) is 3.00. The van der Waals surface area contributed by atoms with Crippen LogP contribution in [-0.2, 0) is 0 Å². The second kappa shape index (κ2) is 5.24. The van der Waals surface area contributed by atoms with E-state index in [0.29, 0.717) is 10.7 Å². The zero-order valence-electron chi connectivity index (χ0n) is 9.58. The Bertz CT molecular complexity index is 606. The van der Waals surface area contributed by atoms with Crippen LogP contribution in [0.2, 0.25) is 5.02 Å². The molecular weight excluding hydrogens is 274 g/mol. The number of halogens is 3. The van der Waals surface area contributed by atoms with Crippen LogP contribution in [0.4, 0.5) is 20.2 Å². The van der Waals surface area contributed by atoms with Gasteiger partial charge in [0.25, 0.3) is 5.91 Å². The van der Waals surface area contributed by atoms with Gasteiger partial charge in [0.1, 0.15) is 17.3 Å². The summed E-state index contributed by atoms with van der Waals surface area (Å²) in [6, 6.07) is 8.07. The summed E-state index contributed by atoms with van der Waals surface area (Å²) in [7, 11) is 0. The smallest absolute Gasteiger partial charge is 0.255 e. The lowest BCUT2D eigenvalue weighted by molar-refractivity contribution is 0.102. The van der Waals surface area contributed by atoms with E-state index in [-0.39, 0.29) is 5.56 Å². The van der Waals surface area contributed by atoms with Crippen molar-refractivity contribution < 1.29 is 13.6 Å². The lowest BCUT2D eigenvalue weighted by atomic mass is 10.1. The molecule has 0 radical (unpaired) electrons. The Morgan fingerprint density at radius 2 is 1.63 bits per heavy atom. The minimum absolute atomic E-state index is 0.154. The molecule has 0 atom stereocenters. The van der Waals surface area contributed by atoms with Gasteiger partial charge in [-0.25, -0.2) is 8.78 Å². The summed E-state index contributed by atoms with van der Waals surface area (Å²) in [4.78, 5) is 11.8. The van der Waals surface area contributed by atoms with Crippen molar-refractivity contribution in [3.63, 3.8) is 0 Å². The van der Waals surface area contributed by atoms with Crippen molar-refractivity contribution in [1.29, 1.82) is 0 Å². The molecule has 6 heteroatoms. The van der Waals surface area contributed by atoms with E-state index >= 15 is 0 Å². The largest absolute Gasteiger partial charge is 0.394 e. The van der Waals surface area contributed by atoms with Crippen LogP contribution in [0, 0.1) is 11.6 Å². The highest BCUT2D eigenvalue weighted by Gasteiger charge is 2.13. The summed E-state index contributed by atoms with van der Waals surface area (Å²) in [5.41, 5.74) is 4.83. The van der Waals surface area contributed by atoms with Gasteiger partial charge >= 0.3 is 0 Å².